The standard InChI is InChI=1S/C26H30ClN3O3/c1-17-5-3-4-6-20(17)28-25(32)26(2)16-29-21-12-14-33-23(21)15-22(29)24(31)30(26)13-11-18-7-9-19(27)10-8-18/h7-10,12,14-15,17,20H,3-6,11,13,16H2,1-2H3,(H,28,32)/t17-,20-,26+/m1/s1. The Kier molecular flexibility index (Phi) is 5.73. The highest BCUT2D eigenvalue weighted by Gasteiger charge is 2.48. The summed E-state index contributed by atoms with van der Waals surface area (Å²) in [5.74, 6) is 0.216. The molecular weight excluding hydrogens is 438 g/mol. The van der Waals surface area contributed by atoms with Crippen LogP contribution in [-0.2, 0) is 17.8 Å². The number of nitrogens with one attached hydrogen (secondary N) is 1. The fourth-order valence-electron chi connectivity index (χ4n) is 5.37. The first kappa shape index (κ1) is 22.1. The van der Waals surface area contributed by atoms with Crippen molar-refractivity contribution in [2.45, 2.75) is 64.1 Å². The Morgan fingerprint density at radius 3 is 2.73 bits per heavy atom. The number of hydrogen-bond acceptors (Lipinski definition) is 3. The van der Waals surface area contributed by atoms with E-state index in [1.165, 1.54) is 6.42 Å². The summed E-state index contributed by atoms with van der Waals surface area (Å²) in [5.41, 5.74) is 2.15. The Bertz CT molecular complexity index is 1180. The molecule has 0 spiro atoms. The normalized spacial score (nSPS) is 25.3. The SMILES string of the molecule is C[C@@H]1CCCC[C@H]1NC(=O)[C@]1(C)Cn2c(cc3occc32)C(=O)N1CCc1ccc(Cl)cc1. The number of carbonyl (C=O) groups excluding carboxylic acids is 2. The predicted molar refractivity (Wildman–Crippen MR) is 128 cm³/mol. The number of aromatic nitrogens is 1. The highest BCUT2D eigenvalue weighted by Crippen LogP contribution is 2.34. The van der Waals surface area contributed by atoms with E-state index in [0.717, 1.165) is 30.3 Å². The van der Waals surface area contributed by atoms with Crippen molar-refractivity contribution in [3.8, 4) is 0 Å². The van der Waals surface area contributed by atoms with Gasteiger partial charge in [-0.1, -0.05) is 43.5 Å². The number of furan rings is 1. The Labute approximate surface area is 198 Å². The Balaban J connectivity index is 1.47. The van der Waals surface area contributed by atoms with E-state index in [4.69, 9.17) is 16.0 Å². The smallest absolute Gasteiger partial charge is 0.271 e. The number of halogens is 1. The van der Waals surface area contributed by atoms with Gasteiger partial charge in [-0.25, -0.2) is 0 Å². The number of rotatable bonds is 5. The summed E-state index contributed by atoms with van der Waals surface area (Å²) < 4.78 is 7.49. The van der Waals surface area contributed by atoms with Crippen LogP contribution in [0.1, 0.15) is 55.6 Å². The van der Waals surface area contributed by atoms with Crippen LogP contribution >= 0.6 is 11.6 Å². The number of carbonyl (C=O) groups is 2. The van der Waals surface area contributed by atoms with Crippen molar-refractivity contribution in [1.82, 2.24) is 14.8 Å². The van der Waals surface area contributed by atoms with E-state index in [1.54, 1.807) is 17.2 Å². The average molecular weight is 468 g/mol. The zero-order valence-electron chi connectivity index (χ0n) is 19.1. The fraction of sp³-hybridized carbons (Fsp3) is 0.462. The second-order valence-corrected chi connectivity index (χ2v) is 10.2. The molecule has 0 saturated heterocycles. The van der Waals surface area contributed by atoms with Gasteiger partial charge in [0.05, 0.1) is 18.3 Å². The highest BCUT2D eigenvalue weighted by molar-refractivity contribution is 6.30. The van der Waals surface area contributed by atoms with Crippen molar-refractivity contribution >= 4 is 34.5 Å². The fourth-order valence-corrected chi connectivity index (χ4v) is 5.50. The summed E-state index contributed by atoms with van der Waals surface area (Å²) >= 11 is 6.03. The molecule has 0 radical (unpaired) electrons. The third-order valence-electron chi connectivity index (χ3n) is 7.50. The maximum absolute atomic E-state index is 13.8. The van der Waals surface area contributed by atoms with Gasteiger partial charge in [0.25, 0.3) is 5.91 Å². The molecule has 2 amide bonds. The number of amides is 2. The van der Waals surface area contributed by atoms with Crippen molar-refractivity contribution in [2.75, 3.05) is 6.54 Å². The van der Waals surface area contributed by atoms with E-state index < -0.39 is 5.54 Å². The van der Waals surface area contributed by atoms with Gasteiger partial charge in [0.1, 0.15) is 11.2 Å². The first-order valence-electron chi connectivity index (χ1n) is 11.8. The number of fused-ring (bicyclic) bond motifs is 3. The molecule has 7 heteroatoms. The molecule has 174 valence electrons. The lowest BCUT2D eigenvalue weighted by Gasteiger charge is -2.45. The van der Waals surface area contributed by atoms with Crippen molar-refractivity contribution in [2.24, 2.45) is 5.92 Å². The van der Waals surface area contributed by atoms with Gasteiger partial charge in [0.2, 0.25) is 5.91 Å². The third-order valence-corrected chi connectivity index (χ3v) is 7.76. The number of nitrogens with zero attached hydrogens (tertiary/aromatic N) is 2. The van der Waals surface area contributed by atoms with Crippen molar-refractivity contribution in [3.05, 3.63) is 58.9 Å². The van der Waals surface area contributed by atoms with E-state index in [9.17, 15) is 9.59 Å². The minimum absolute atomic E-state index is 0.0818. The first-order chi connectivity index (χ1) is 15.9. The molecule has 1 saturated carbocycles. The number of hydrogen-bond donors (Lipinski definition) is 1. The zero-order chi connectivity index (χ0) is 23.2. The largest absolute Gasteiger partial charge is 0.463 e. The van der Waals surface area contributed by atoms with Gasteiger partial charge in [0.15, 0.2) is 5.58 Å². The molecule has 3 atom stereocenters. The topological polar surface area (TPSA) is 67.5 Å². The molecule has 3 aromatic rings. The van der Waals surface area contributed by atoms with Gasteiger partial charge < -0.3 is 19.2 Å². The molecule has 0 unspecified atom stereocenters. The quantitative estimate of drug-likeness (QED) is 0.571. The van der Waals surface area contributed by atoms with Gasteiger partial charge in [-0.3, -0.25) is 9.59 Å². The molecule has 2 aliphatic rings. The lowest BCUT2D eigenvalue weighted by molar-refractivity contribution is -0.134. The van der Waals surface area contributed by atoms with Crippen LogP contribution in [0.3, 0.4) is 0 Å². The van der Waals surface area contributed by atoms with Gasteiger partial charge >= 0.3 is 0 Å². The van der Waals surface area contributed by atoms with Crippen molar-refractivity contribution < 1.29 is 14.0 Å². The first-order valence-corrected chi connectivity index (χ1v) is 12.2. The van der Waals surface area contributed by atoms with Crippen LogP contribution in [-0.4, -0.2) is 39.4 Å². The summed E-state index contributed by atoms with van der Waals surface area (Å²) in [6, 6.07) is 11.4. The molecule has 1 N–H and O–H groups in total. The molecule has 5 rings (SSSR count). The van der Waals surface area contributed by atoms with Gasteiger partial charge in [-0.15, -0.1) is 0 Å². The van der Waals surface area contributed by atoms with Gasteiger partial charge in [0, 0.05) is 29.7 Å². The van der Waals surface area contributed by atoms with Crippen molar-refractivity contribution in [3.63, 3.8) is 0 Å². The Hall–Kier alpha value is -2.73. The van der Waals surface area contributed by atoms with Crippen LogP contribution in [0.2, 0.25) is 5.02 Å². The lowest BCUT2D eigenvalue weighted by atomic mass is 9.85. The monoisotopic (exact) mass is 467 g/mol. The molecule has 1 aliphatic carbocycles. The van der Waals surface area contributed by atoms with Gasteiger partial charge in [-0.2, -0.15) is 0 Å². The molecule has 3 heterocycles. The second-order valence-electron chi connectivity index (χ2n) is 9.73. The van der Waals surface area contributed by atoms with Crippen LogP contribution in [0.15, 0.2) is 47.1 Å². The van der Waals surface area contributed by atoms with E-state index >= 15 is 0 Å². The molecule has 2 aromatic heterocycles. The van der Waals surface area contributed by atoms with Gasteiger partial charge in [-0.05, 0) is 49.8 Å². The number of benzene rings is 1. The molecule has 6 nitrogen and oxygen atoms in total. The maximum atomic E-state index is 13.8. The molecule has 0 bridgehead atoms. The van der Waals surface area contributed by atoms with Crippen LogP contribution in [0, 0.1) is 5.92 Å². The summed E-state index contributed by atoms with van der Waals surface area (Å²) in [7, 11) is 0. The van der Waals surface area contributed by atoms with Crippen LogP contribution < -0.4 is 5.32 Å². The van der Waals surface area contributed by atoms with Crippen molar-refractivity contribution in [1.29, 1.82) is 0 Å². The minimum atomic E-state index is -1.00. The lowest BCUT2D eigenvalue weighted by Crippen LogP contribution is -2.65. The molecule has 1 fully saturated rings. The summed E-state index contributed by atoms with van der Waals surface area (Å²) in [6.07, 6.45) is 6.71. The summed E-state index contributed by atoms with van der Waals surface area (Å²) in [5, 5.41) is 3.99. The molecule has 1 aliphatic heterocycles. The van der Waals surface area contributed by atoms with Crippen LogP contribution in [0.25, 0.3) is 11.1 Å². The second kappa shape index (κ2) is 8.56. The Morgan fingerprint density at radius 2 is 1.97 bits per heavy atom. The molecular formula is C26H30ClN3O3. The summed E-state index contributed by atoms with van der Waals surface area (Å²) in [6.45, 7) is 4.93. The molecule has 1 aromatic carbocycles. The van der Waals surface area contributed by atoms with E-state index in [0.29, 0.717) is 41.7 Å². The third kappa shape index (κ3) is 3.95. The minimum Gasteiger partial charge on any atom is -0.463 e. The zero-order valence-corrected chi connectivity index (χ0v) is 19.9. The highest BCUT2D eigenvalue weighted by atomic mass is 35.5. The summed E-state index contributed by atoms with van der Waals surface area (Å²) in [4.78, 5) is 29.2. The van der Waals surface area contributed by atoms with E-state index in [1.807, 2.05) is 41.8 Å². The van der Waals surface area contributed by atoms with E-state index in [2.05, 4.69) is 12.2 Å². The van der Waals surface area contributed by atoms with E-state index in [-0.39, 0.29) is 17.9 Å². The van der Waals surface area contributed by atoms with Crippen LogP contribution in [0.4, 0.5) is 0 Å². The Morgan fingerprint density at radius 1 is 1.21 bits per heavy atom. The maximum Gasteiger partial charge on any atom is 0.271 e. The van der Waals surface area contributed by atoms with Crippen LogP contribution in [0.5, 0.6) is 0 Å². The predicted octanol–water partition coefficient (Wildman–Crippen LogP) is 5.04. The average Bonchev–Trinajstić information content (AvgIpc) is 3.39. The molecule has 33 heavy (non-hydrogen) atoms.